The van der Waals surface area contributed by atoms with Crippen molar-refractivity contribution in [3.63, 3.8) is 0 Å². The molecule has 0 aliphatic heterocycles. The van der Waals surface area contributed by atoms with Gasteiger partial charge in [-0.1, -0.05) is 90.5 Å². The van der Waals surface area contributed by atoms with Crippen LogP contribution >= 0.6 is 11.6 Å². The van der Waals surface area contributed by atoms with Crippen LogP contribution in [0, 0.1) is 0 Å². The Morgan fingerprint density at radius 1 is 0.718 bits per heavy atom. The summed E-state index contributed by atoms with van der Waals surface area (Å²) in [6, 6.07) is 31.7. The van der Waals surface area contributed by atoms with Gasteiger partial charge in [-0.15, -0.1) is 0 Å². The van der Waals surface area contributed by atoms with E-state index >= 15 is 0 Å². The first-order valence-electron chi connectivity index (χ1n) is 12.4. The summed E-state index contributed by atoms with van der Waals surface area (Å²) < 4.78 is 11.5. The molecule has 0 saturated heterocycles. The minimum absolute atomic E-state index is 0.0150. The number of benzene rings is 4. The number of carbonyl (C=O) groups is 2. The molecule has 0 heterocycles. The van der Waals surface area contributed by atoms with Crippen LogP contribution in [0.1, 0.15) is 22.3 Å². The van der Waals surface area contributed by atoms with E-state index in [2.05, 4.69) is 10.6 Å². The second kappa shape index (κ2) is 13.8. The van der Waals surface area contributed by atoms with Crippen molar-refractivity contribution < 1.29 is 19.1 Å². The van der Waals surface area contributed by atoms with E-state index in [-0.39, 0.29) is 5.57 Å². The molecule has 0 spiro atoms. The second-order valence-electron chi connectivity index (χ2n) is 8.72. The number of methoxy groups -OCH3 is 1. The van der Waals surface area contributed by atoms with Crippen molar-refractivity contribution in [3.05, 3.63) is 136 Å². The summed E-state index contributed by atoms with van der Waals surface area (Å²) >= 11 is 5.96. The first-order chi connectivity index (χ1) is 19.0. The van der Waals surface area contributed by atoms with Gasteiger partial charge in [0.15, 0.2) is 11.5 Å². The molecule has 0 aliphatic carbocycles. The molecule has 0 aromatic heterocycles. The molecule has 0 radical (unpaired) electrons. The SMILES string of the molecule is COc1cc(C=C(C(=O)NCc2ccccc2)C(=O)NCc2ccccc2)ccc1OCc1ccc(Cl)cc1. The van der Waals surface area contributed by atoms with Gasteiger partial charge in [-0.05, 0) is 52.6 Å². The molecule has 0 atom stereocenters. The minimum Gasteiger partial charge on any atom is -0.493 e. The molecule has 0 aliphatic rings. The third-order valence-electron chi connectivity index (χ3n) is 5.89. The van der Waals surface area contributed by atoms with Crippen molar-refractivity contribution in [1.29, 1.82) is 0 Å². The average Bonchev–Trinajstić information content (AvgIpc) is 2.98. The highest BCUT2D eigenvalue weighted by Crippen LogP contribution is 2.30. The summed E-state index contributed by atoms with van der Waals surface area (Å²) in [6.45, 7) is 0.922. The fourth-order valence-electron chi connectivity index (χ4n) is 3.78. The third kappa shape index (κ3) is 8.22. The standard InChI is InChI=1S/C32H29ClN2O4/c1-38-30-19-26(14-17-29(30)39-22-25-12-15-27(33)16-13-25)18-28(31(36)34-20-23-8-4-2-5-9-23)32(37)35-21-24-10-6-3-7-11-24/h2-19H,20-22H2,1H3,(H,34,36)(H,35,37). The summed E-state index contributed by atoms with van der Waals surface area (Å²) in [4.78, 5) is 26.3. The summed E-state index contributed by atoms with van der Waals surface area (Å²) in [7, 11) is 1.54. The van der Waals surface area contributed by atoms with Gasteiger partial charge >= 0.3 is 0 Å². The van der Waals surface area contributed by atoms with Crippen LogP contribution < -0.4 is 20.1 Å². The number of carbonyl (C=O) groups excluding carboxylic acids is 2. The Balaban J connectivity index is 1.53. The Morgan fingerprint density at radius 2 is 1.28 bits per heavy atom. The van der Waals surface area contributed by atoms with Gasteiger partial charge in [-0.25, -0.2) is 0 Å². The zero-order valence-corrected chi connectivity index (χ0v) is 22.3. The van der Waals surface area contributed by atoms with Crippen LogP contribution in [0.5, 0.6) is 11.5 Å². The Kier molecular flexibility index (Phi) is 9.75. The molecule has 6 nitrogen and oxygen atoms in total. The van der Waals surface area contributed by atoms with Gasteiger partial charge in [0.2, 0.25) is 0 Å². The van der Waals surface area contributed by atoms with Crippen LogP contribution in [0.25, 0.3) is 6.08 Å². The van der Waals surface area contributed by atoms with Gasteiger partial charge in [0.25, 0.3) is 11.8 Å². The Bertz CT molecular complexity index is 1360. The van der Waals surface area contributed by atoms with Crippen molar-refractivity contribution in [1.82, 2.24) is 10.6 Å². The summed E-state index contributed by atoms with van der Waals surface area (Å²) in [5.41, 5.74) is 3.42. The normalized spacial score (nSPS) is 10.3. The second-order valence-corrected chi connectivity index (χ2v) is 9.16. The highest BCUT2D eigenvalue weighted by Gasteiger charge is 2.19. The van der Waals surface area contributed by atoms with E-state index in [9.17, 15) is 9.59 Å². The van der Waals surface area contributed by atoms with Crippen LogP contribution in [0.4, 0.5) is 0 Å². The van der Waals surface area contributed by atoms with Crippen LogP contribution in [-0.4, -0.2) is 18.9 Å². The number of halogens is 1. The monoisotopic (exact) mass is 540 g/mol. The smallest absolute Gasteiger partial charge is 0.257 e. The molecule has 0 unspecified atom stereocenters. The fraction of sp³-hybridized carbons (Fsp3) is 0.125. The van der Waals surface area contributed by atoms with E-state index in [1.54, 1.807) is 36.4 Å². The van der Waals surface area contributed by atoms with E-state index in [0.717, 1.165) is 16.7 Å². The quantitative estimate of drug-likeness (QED) is 0.140. The first kappa shape index (κ1) is 27.5. The van der Waals surface area contributed by atoms with E-state index in [0.29, 0.717) is 41.8 Å². The lowest BCUT2D eigenvalue weighted by Gasteiger charge is -2.13. The van der Waals surface area contributed by atoms with Crippen molar-refractivity contribution in [2.45, 2.75) is 19.7 Å². The third-order valence-corrected chi connectivity index (χ3v) is 6.14. The van der Waals surface area contributed by atoms with Crippen molar-refractivity contribution in [2.24, 2.45) is 0 Å². The van der Waals surface area contributed by atoms with E-state index in [1.807, 2.05) is 72.8 Å². The molecule has 0 bridgehead atoms. The predicted octanol–water partition coefficient (Wildman–Crippen LogP) is 5.94. The maximum atomic E-state index is 13.2. The molecular weight excluding hydrogens is 512 g/mol. The van der Waals surface area contributed by atoms with Gasteiger partial charge in [-0.2, -0.15) is 0 Å². The molecule has 39 heavy (non-hydrogen) atoms. The van der Waals surface area contributed by atoms with Gasteiger partial charge in [0.1, 0.15) is 12.2 Å². The highest BCUT2D eigenvalue weighted by atomic mass is 35.5. The van der Waals surface area contributed by atoms with Crippen molar-refractivity contribution in [3.8, 4) is 11.5 Å². The molecule has 4 rings (SSSR count). The van der Waals surface area contributed by atoms with Gasteiger partial charge in [0.05, 0.1) is 7.11 Å². The molecule has 4 aromatic carbocycles. The molecule has 198 valence electrons. The maximum Gasteiger partial charge on any atom is 0.257 e. The number of hydrogen-bond acceptors (Lipinski definition) is 4. The Morgan fingerprint density at radius 3 is 1.82 bits per heavy atom. The van der Waals surface area contributed by atoms with Crippen LogP contribution in [0.2, 0.25) is 5.02 Å². The molecule has 2 amide bonds. The van der Waals surface area contributed by atoms with Gasteiger partial charge in [0, 0.05) is 18.1 Å². The Hall–Kier alpha value is -4.55. The molecular formula is C32H29ClN2O4. The summed E-state index contributed by atoms with van der Waals surface area (Å²) in [5.74, 6) is 0.0533. The topological polar surface area (TPSA) is 76.7 Å². The molecule has 0 saturated carbocycles. The largest absolute Gasteiger partial charge is 0.493 e. The molecule has 4 aromatic rings. The Labute approximate surface area is 233 Å². The molecule has 2 N–H and O–H groups in total. The number of amides is 2. The minimum atomic E-state index is -0.480. The van der Waals surface area contributed by atoms with Gasteiger partial charge in [-0.3, -0.25) is 9.59 Å². The first-order valence-corrected chi connectivity index (χ1v) is 12.8. The van der Waals surface area contributed by atoms with Crippen molar-refractivity contribution >= 4 is 29.5 Å². The lowest BCUT2D eigenvalue weighted by Crippen LogP contribution is -2.34. The zero-order valence-electron chi connectivity index (χ0n) is 21.5. The van der Waals surface area contributed by atoms with E-state index in [1.165, 1.54) is 7.11 Å². The summed E-state index contributed by atoms with van der Waals surface area (Å²) in [5, 5.41) is 6.35. The lowest BCUT2D eigenvalue weighted by molar-refractivity contribution is -0.123. The van der Waals surface area contributed by atoms with Crippen LogP contribution in [0.15, 0.2) is 109 Å². The van der Waals surface area contributed by atoms with Crippen LogP contribution in [-0.2, 0) is 29.3 Å². The number of ether oxygens (including phenoxy) is 2. The maximum absolute atomic E-state index is 13.2. The van der Waals surface area contributed by atoms with Crippen LogP contribution in [0.3, 0.4) is 0 Å². The molecule has 7 heteroatoms. The highest BCUT2D eigenvalue weighted by molar-refractivity contribution is 6.30. The fourth-order valence-corrected chi connectivity index (χ4v) is 3.91. The zero-order chi connectivity index (χ0) is 27.5. The van der Waals surface area contributed by atoms with Crippen molar-refractivity contribution in [2.75, 3.05) is 7.11 Å². The average molecular weight is 541 g/mol. The van der Waals surface area contributed by atoms with E-state index in [4.69, 9.17) is 21.1 Å². The summed E-state index contributed by atoms with van der Waals surface area (Å²) in [6.07, 6.45) is 1.55. The van der Waals surface area contributed by atoms with E-state index < -0.39 is 11.8 Å². The number of hydrogen-bond donors (Lipinski definition) is 2. The van der Waals surface area contributed by atoms with Gasteiger partial charge < -0.3 is 20.1 Å². The number of nitrogens with one attached hydrogen (secondary N) is 2. The predicted molar refractivity (Wildman–Crippen MR) is 153 cm³/mol. The molecule has 0 fully saturated rings. The lowest BCUT2D eigenvalue weighted by atomic mass is 10.1. The number of rotatable bonds is 11.